The molecule has 0 bridgehead atoms. The maximum Gasteiger partial charge on any atom is 0.396 e. The summed E-state index contributed by atoms with van der Waals surface area (Å²) < 4.78 is 44.2. The van der Waals surface area contributed by atoms with Crippen molar-refractivity contribution in [2.45, 2.75) is 42.1 Å². The molecule has 2 aliphatic rings. The van der Waals surface area contributed by atoms with Gasteiger partial charge in [-0.2, -0.15) is 0 Å². The third-order valence-electron chi connectivity index (χ3n) is 5.58. The van der Waals surface area contributed by atoms with Crippen molar-refractivity contribution in [2.75, 3.05) is 7.11 Å². The summed E-state index contributed by atoms with van der Waals surface area (Å²) in [6, 6.07) is 8.94. The average molecular weight is 464 g/mol. The Bertz CT molecular complexity index is 1170. The molecule has 3 unspecified atom stereocenters. The minimum absolute atomic E-state index is 0.0209. The highest BCUT2D eigenvalue weighted by Gasteiger charge is 2.48. The quantitative estimate of drug-likeness (QED) is 0.340. The number of carboxylic acid groups (broad SMARTS) is 1. The molecule has 0 spiro atoms. The van der Waals surface area contributed by atoms with Crippen LogP contribution in [0.3, 0.4) is 0 Å². The fourth-order valence-corrected chi connectivity index (χ4v) is 5.20. The standard InChI is InChI=1S/C20H20N2O9S/c1-29-20(19(23)24,21-32(27,28)13-10-8-12(9-11-13)22(25)26)31-17-7-3-5-15-14-4-2-6-16(14)30-18(15)17/h3,5,7-11,14,16,21H,2,4,6H2,1H3,(H,23,24). The summed E-state index contributed by atoms with van der Waals surface area (Å²) in [7, 11) is -3.53. The zero-order valence-electron chi connectivity index (χ0n) is 16.9. The Kier molecular flexibility index (Phi) is 5.53. The minimum Gasteiger partial charge on any atom is -0.486 e. The predicted octanol–water partition coefficient (Wildman–Crippen LogP) is 2.37. The van der Waals surface area contributed by atoms with Gasteiger partial charge in [-0.15, -0.1) is 4.72 Å². The van der Waals surface area contributed by atoms with E-state index in [0.29, 0.717) is 5.75 Å². The Hall–Kier alpha value is -3.22. The smallest absolute Gasteiger partial charge is 0.396 e. The first kappa shape index (κ1) is 22.0. The molecule has 2 N–H and O–H groups in total. The Labute approximate surface area is 183 Å². The van der Waals surface area contributed by atoms with Gasteiger partial charge in [-0.05, 0) is 37.5 Å². The first-order chi connectivity index (χ1) is 15.2. The van der Waals surface area contributed by atoms with Crippen LogP contribution in [-0.2, 0) is 19.6 Å². The maximum absolute atomic E-state index is 12.8. The molecule has 2 aromatic carbocycles. The number of nitro benzene ring substituents is 1. The number of hydrogen-bond donors (Lipinski definition) is 2. The van der Waals surface area contributed by atoms with Crippen LogP contribution in [0, 0.1) is 10.1 Å². The topological polar surface area (TPSA) is 154 Å². The van der Waals surface area contributed by atoms with Crippen molar-refractivity contribution < 1.29 is 37.5 Å². The zero-order chi connectivity index (χ0) is 23.1. The molecule has 1 heterocycles. The fourth-order valence-electron chi connectivity index (χ4n) is 4.02. The molecule has 1 aliphatic carbocycles. The van der Waals surface area contributed by atoms with Gasteiger partial charge in [-0.25, -0.2) is 13.2 Å². The summed E-state index contributed by atoms with van der Waals surface area (Å²) >= 11 is 0. The van der Waals surface area contributed by atoms with Gasteiger partial charge in [0.2, 0.25) is 10.0 Å². The van der Waals surface area contributed by atoms with E-state index < -0.39 is 31.7 Å². The Morgan fingerprint density at radius 2 is 1.97 bits per heavy atom. The molecule has 4 rings (SSSR count). The van der Waals surface area contributed by atoms with Crippen LogP contribution in [0.1, 0.15) is 30.7 Å². The lowest BCUT2D eigenvalue weighted by molar-refractivity contribution is -0.384. The summed E-state index contributed by atoms with van der Waals surface area (Å²) in [6.07, 6.45) is 2.78. The number of nitrogens with one attached hydrogen (secondary N) is 1. The van der Waals surface area contributed by atoms with Crippen molar-refractivity contribution in [1.29, 1.82) is 0 Å². The number of carbonyl (C=O) groups is 1. The van der Waals surface area contributed by atoms with E-state index in [-0.39, 0.29) is 23.5 Å². The van der Waals surface area contributed by atoms with Crippen LogP contribution >= 0.6 is 0 Å². The van der Waals surface area contributed by atoms with Crippen LogP contribution in [0.5, 0.6) is 11.5 Å². The zero-order valence-corrected chi connectivity index (χ0v) is 17.7. The Balaban J connectivity index is 1.66. The van der Waals surface area contributed by atoms with Crippen LogP contribution in [0.15, 0.2) is 47.4 Å². The Morgan fingerprint density at radius 3 is 2.59 bits per heavy atom. The summed E-state index contributed by atoms with van der Waals surface area (Å²) in [5.74, 6) is -4.00. The van der Waals surface area contributed by atoms with Crippen molar-refractivity contribution >= 4 is 21.7 Å². The molecule has 0 radical (unpaired) electrons. The number of nitrogens with zero attached hydrogens (tertiary/aromatic N) is 1. The molecule has 12 heteroatoms. The minimum atomic E-state index is -4.51. The van der Waals surface area contributed by atoms with Gasteiger partial charge in [0.25, 0.3) is 5.69 Å². The van der Waals surface area contributed by atoms with Gasteiger partial charge >= 0.3 is 11.9 Å². The molecule has 1 saturated carbocycles. The predicted molar refractivity (Wildman–Crippen MR) is 109 cm³/mol. The van der Waals surface area contributed by atoms with Gasteiger partial charge in [-0.1, -0.05) is 12.1 Å². The second kappa shape index (κ2) is 8.04. The molecule has 2 aromatic rings. The molecular weight excluding hydrogens is 444 g/mol. The number of methoxy groups -OCH3 is 1. The van der Waals surface area contributed by atoms with Crippen molar-refractivity contribution in [3.05, 3.63) is 58.1 Å². The third kappa shape index (κ3) is 3.76. The number of fused-ring (bicyclic) bond motifs is 3. The van der Waals surface area contributed by atoms with Gasteiger partial charge in [-0.3, -0.25) is 10.1 Å². The number of aliphatic carboxylic acids is 1. The lowest BCUT2D eigenvalue weighted by Gasteiger charge is -2.29. The van der Waals surface area contributed by atoms with E-state index in [1.165, 1.54) is 6.07 Å². The van der Waals surface area contributed by atoms with Crippen molar-refractivity contribution in [3.8, 4) is 11.5 Å². The van der Waals surface area contributed by atoms with E-state index >= 15 is 0 Å². The van der Waals surface area contributed by atoms with Gasteiger partial charge in [0, 0.05) is 30.7 Å². The highest BCUT2D eigenvalue weighted by molar-refractivity contribution is 7.89. The molecule has 11 nitrogen and oxygen atoms in total. The lowest BCUT2D eigenvalue weighted by atomic mass is 9.97. The van der Waals surface area contributed by atoms with Crippen LogP contribution in [-0.4, -0.2) is 43.5 Å². The van der Waals surface area contributed by atoms with Crippen LogP contribution in [0.2, 0.25) is 0 Å². The van der Waals surface area contributed by atoms with Crippen molar-refractivity contribution in [3.63, 3.8) is 0 Å². The van der Waals surface area contributed by atoms with Gasteiger partial charge < -0.3 is 19.3 Å². The highest BCUT2D eigenvalue weighted by atomic mass is 32.2. The van der Waals surface area contributed by atoms with Crippen molar-refractivity contribution in [2.24, 2.45) is 0 Å². The average Bonchev–Trinajstić information content (AvgIpc) is 3.35. The number of sulfonamides is 1. The number of carboxylic acids is 1. The number of non-ortho nitro benzene ring substituents is 1. The van der Waals surface area contributed by atoms with Gasteiger partial charge in [0.15, 0.2) is 11.5 Å². The lowest BCUT2D eigenvalue weighted by Crippen LogP contribution is -2.60. The largest absolute Gasteiger partial charge is 0.486 e. The second-order valence-corrected chi connectivity index (χ2v) is 9.14. The van der Waals surface area contributed by atoms with E-state index in [1.54, 1.807) is 6.07 Å². The number of ether oxygens (including phenoxy) is 3. The first-order valence-electron chi connectivity index (χ1n) is 9.72. The molecule has 3 atom stereocenters. The van der Waals surface area contributed by atoms with Crippen LogP contribution < -0.4 is 14.2 Å². The van der Waals surface area contributed by atoms with Crippen LogP contribution in [0.25, 0.3) is 0 Å². The summed E-state index contributed by atoms with van der Waals surface area (Å²) in [4.78, 5) is 21.8. The third-order valence-corrected chi connectivity index (χ3v) is 7.01. The number of hydrogen-bond acceptors (Lipinski definition) is 8. The molecule has 32 heavy (non-hydrogen) atoms. The van der Waals surface area contributed by atoms with E-state index in [1.807, 2.05) is 10.8 Å². The molecule has 1 fully saturated rings. The molecule has 1 aliphatic heterocycles. The molecule has 0 amide bonds. The molecular formula is C20H20N2O9S. The first-order valence-corrected chi connectivity index (χ1v) is 11.2. The fraction of sp³-hybridized carbons (Fsp3) is 0.350. The monoisotopic (exact) mass is 464 g/mol. The van der Waals surface area contributed by atoms with Crippen LogP contribution in [0.4, 0.5) is 5.69 Å². The highest BCUT2D eigenvalue weighted by Crippen LogP contribution is 2.51. The normalized spacial score (nSPS) is 21.2. The SMILES string of the molecule is COC(NS(=O)(=O)c1ccc([N+](=O)[O-])cc1)(Oc1cccc2c1OC1CCCC21)C(=O)O. The number of rotatable bonds is 8. The summed E-state index contributed by atoms with van der Waals surface area (Å²) in [5, 5.41) is 20.6. The summed E-state index contributed by atoms with van der Waals surface area (Å²) in [6.45, 7) is 0. The van der Waals surface area contributed by atoms with Gasteiger partial charge in [0.05, 0.1) is 9.82 Å². The summed E-state index contributed by atoms with van der Waals surface area (Å²) in [5.41, 5.74) is 0.553. The van der Waals surface area contributed by atoms with E-state index in [2.05, 4.69) is 0 Å². The van der Waals surface area contributed by atoms with E-state index in [4.69, 9.17) is 14.2 Å². The number of para-hydroxylation sites is 1. The molecule has 0 aromatic heterocycles. The van der Waals surface area contributed by atoms with Gasteiger partial charge in [0.1, 0.15) is 6.10 Å². The molecule has 0 saturated heterocycles. The molecule has 170 valence electrons. The van der Waals surface area contributed by atoms with E-state index in [9.17, 15) is 28.4 Å². The van der Waals surface area contributed by atoms with Crippen molar-refractivity contribution in [1.82, 2.24) is 4.72 Å². The van der Waals surface area contributed by atoms with E-state index in [0.717, 1.165) is 56.2 Å². The maximum atomic E-state index is 12.8. The second-order valence-electron chi connectivity index (χ2n) is 7.45. The number of nitro groups is 1. The Morgan fingerprint density at radius 1 is 1.25 bits per heavy atom. The number of benzene rings is 2.